The fourth-order valence-corrected chi connectivity index (χ4v) is 2.22. The Kier molecular flexibility index (Phi) is 4.98. The van der Waals surface area contributed by atoms with E-state index in [9.17, 15) is 4.79 Å². The summed E-state index contributed by atoms with van der Waals surface area (Å²) in [6.07, 6.45) is 8.26. The second-order valence-corrected chi connectivity index (χ2v) is 4.68. The lowest BCUT2D eigenvalue weighted by Gasteiger charge is -2.25. The van der Waals surface area contributed by atoms with Crippen LogP contribution in [-0.2, 0) is 4.79 Å². The summed E-state index contributed by atoms with van der Waals surface area (Å²) < 4.78 is 10.3. The maximum absolute atomic E-state index is 12.0. The summed E-state index contributed by atoms with van der Waals surface area (Å²) in [6.45, 7) is 1.70. The molecule has 2 rings (SSSR count). The maximum Gasteiger partial charge on any atom is 0.246 e. The minimum Gasteiger partial charge on any atom is -0.493 e. The van der Waals surface area contributed by atoms with Crippen molar-refractivity contribution in [3.63, 3.8) is 0 Å². The Hall–Kier alpha value is -2.04. The molecule has 1 aliphatic heterocycles. The summed E-state index contributed by atoms with van der Waals surface area (Å²) in [5.41, 5.74) is 0.674. The molecular weight excluding hydrogens is 256 g/mol. The molecule has 0 bridgehead atoms. The molecule has 0 atom stereocenters. The van der Waals surface area contributed by atoms with Crippen LogP contribution in [0.5, 0.6) is 11.5 Å². The van der Waals surface area contributed by atoms with Crippen LogP contribution in [0.2, 0.25) is 0 Å². The average Bonchev–Trinajstić information content (AvgIpc) is 2.53. The highest BCUT2D eigenvalue weighted by Crippen LogP contribution is 2.26. The lowest BCUT2D eigenvalue weighted by molar-refractivity contribution is -0.126. The average molecular weight is 276 g/mol. The van der Waals surface area contributed by atoms with Crippen LogP contribution >= 0.6 is 0 Å². The van der Waals surface area contributed by atoms with Gasteiger partial charge in [-0.15, -0.1) is 0 Å². The standard InChI is InChI=1S/C15H20N2O3/c1-19-13-10-12(16-11-14(13)20-2)6-7-15(18)17-8-4-3-5-9-17/h6-7,10-11H,3-5,8-9H2,1-2H3. The number of nitrogens with zero attached hydrogens (tertiary/aromatic N) is 2. The first kappa shape index (κ1) is 14.4. The van der Waals surface area contributed by atoms with Crippen LogP contribution in [0.15, 0.2) is 18.3 Å². The molecule has 0 aromatic carbocycles. The van der Waals surface area contributed by atoms with Gasteiger partial charge in [-0.05, 0) is 25.3 Å². The quantitative estimate of drug-likeness (QED) is 0.790. The highest BCUT2D eigenvalue weighted by Gasteiger charge is 2.13. The predicted molar refractivity (Wildman–Crippen MR) is 76.8 cm³/mol. The van der Waals surface area contributed by atoms with Crippen LogP contribution < -0.4 is 9.47 Å². The Bertz CT molecular complexity index is 494. The number of amides is 1. The van der Waals surface area contributed by atoms with Crippen LogP contribution in [-0.4, -0.2) is 43.1 Å². The van der Waals surface area contributed by atoms with Crippen molar-refractivity contribution >= 4 is 12.0 Å². The van der Waals surface area contributed by atoms with Crippen molar-refractivity contribution in [1.29, 1.82) is 0 Å². The summed E-state index contributed by atoms with van der Waals surface area (Å²) in [6, 6.07) is 1.75. The number of piperidine rings is 1. The van der Waals surface area contributed by atoms with E-state index in [4.69, 9.17) is 9.47 Å². The third-order valence-electron chi connectivity index (χ3n) is 3.36. The summed E-state index contributed by atoms with van der Waals surface area (Å²) in [7, 11) is 3.14. The Morgan fingerprint density at radius 2 is 1.90 bits per heavy atom. The lowest BCUT2D eigenvalue weighted by atomic mass is 10.1. The molecule has 0 saturated carbocycles. The van der Waals surface area contributed by atoms with Crippen LogP contribution in [0.4, 0.5) is 0 Å². The number of pyridine rings is 1. The number of hydrogen-bond acceptors (Lipinski definition) is 4. The van der Waals surface area contributed by atoms with E-state index in [1.807, 2.05) is 4.90 Å². The number of rotatable bonds is 4. The van der Waals surface area contributed by atoms with Crippen molar-refractivity contribution in [1.82, 2.24) is 9.88 Å². The SMILES string of the molecule is COc1cnc(C=CC(=O)N2CCCCC2)cc1OC. The monoisotopic (exact) mass is 276 g/mol. The fourth-order valence-electron chi connectivity index (χ4n) is 2.22. The Morgan fingerprint density at radius 1 is 1.20 bits per heavy atom. The van der Waals surface area contributed by atoms with Crippen molar-refractivity contribution in [2.24, 2.45) is 0 Å². The van der Waals surface area contributed by atoms with Gasteiger partial charge >= 0.3 is 0 Å². The number of likely N-dealkylation sites (tertiary alicyclic amines) is 1. The Balaban J connectivity index is 2.04. The van der Waals surface area contributed by atoms with E-state index >= 15 is 0 Å². The number of ether oxygens (including phenoxy) is 2. The number of methoxy groups -OCH3 is 2. The molecule has 1 amide bonds. The zero-order valence-electron chi connectivity index (χ0n) is 12.0. The fraction of sp³-hybridized carbons (Fsp3) is 0.467. The first-order valence-corrected chi connectivity index (χ1v) is 6.79. The molecule has 0 spiro atoms. The van der Waals surface area contributed by atoms with Crippen molar-refractivity contribution in [2.75, 3.05) is 27.3 Å². The van der Waals surface area contributed by atoms with Gasteiger partial charge in [0, 0.05) is 25.2 Å². The highest BCUT2D eigenvalue weighted by molar-refractivity contribution is 5.91. The summed E-state index contributed by atoms with van der Waals surface area (Å²) in [5.74, 6) is 1.22. The van der Waals surface area contributed by atoms with E-state index in [0.29, 0.717) is 17.2 Å². The van der Waals surface area contributed by atoms with E-state index in [2.05, 4.69) is 4.98 Å². The minimum atomic E-state index is 0.0429. The molecule has 1 saturated heterocycles. The maximum atomic E-state index is 12.0. The molecule has 5 heteroatoms. The van der Waals surface area contributed by atoms with E-state index < -0.39 is 0 Å². The topological polar surface area (TPSA) is 51.7 Å². The summed E-state index contributed by atoms with van der Waals surface area (Å²) >= 11 is 0. The van der Waals surface area contributed by atoms with Crippen LogP contribution in [0.25, 0.3) is 6.08 Å². The molecule has 0 aliphatic carbocycles. The molecule has 1 aromatic heterocycles. The van der Waals surface area contributed by atoms with E-state index in [1.165, 1.54) is 6.42 Å². The van der Waals surface area contributed by atoms with E-state index in [1.54, 1.807) is 38.6 Å². The zero-order valence-corrected chi connectivity index (χ0v) is 12.0. The second-order valence-electron chi connectivity index (χ2n) is 4.68. The van der Waals surface area contributed by atoms with Crippen molar-refractivity contribution < 1.29 is 14.3 Å². The summed E-state index contributed by atoms with van der Waals surface area (Å²) in [5, 5.41) is 0. The normalized spacial score (nSPS) is 15.4. The third kappa shape index (κ3) is 3.50. The van der Waals surface area contributed by atoms with Crippen molar-refractivity contribution in [3.8, 4) is 11.5 Å². The molecule has 0 N–H and O–H groups in total. The first-order chi connectivity index (χ1) is 9.74. The van der Waals surface area contributed by atoms with Gasteiger partial charge < -0.3 is 14.4 Å². The zero-order chi connectivity index (χ0) is 14.4. The van der Waals surface area contributed by atoms with E-state index in [0.717, 1.165) is 25.9 Å². The third-order valence-corrected chi connectivity index (χ3v) is 3.36. The first-order valence-electron chi connectivity index (χ1n) is 6.79. The van der Waals surface area contributed by atoms with Gasteiger partial charge in [-0.25, -0.2) is 0 Å². The van der Waals surface area contributed by atoms with E-state index in [-0.39, 0.29) is 5.91 Å². The number of carbonyl (C=O) groups excluding carboxylic acids is 1. The smallest absolute Gasteiger partial charge is 0.246 e. The summed E-state index contributed by atoms with van der Waals surface area (Å²) in [4.78, 5) is 18.1. The van der Waals surface area contributed by atoms with Crippen LogP contribution in [0.3, 0.4) is 0 Å². The number of aromatic nitrogens is 1. The minimum absolute atomic E-state index is 0.0429. The molecular formula is C15H20N2O3. The molecule has 20 heavy (non-hydrogen) atoms. The lowest BCUT2D eigenvalue weighted by Crippen LogP contribution is -2.34. The van der Waals surface area contributed by atoms with Gasteiger partial charge in [0.05, 0.1) is 26.1 Å². The largest absolute Gasteiger partial charge is 0.493 e. The van der Waals surface area contributed by atoms with Crippen LogP contribution in [0, 0.1) is 0 Å². The molecule has 0 radical (unpaired) electrons. The van der Waals surface area contributed by atoms with Gasteiger partial charge in [0.15, 0.2) is 11.5 Å². The Morgan fingerprint density at radius 3 is 2.55 bits per heavy atom. The molecule has 1 aliphatic rings. The van der Waals surface area contributed by atoms with Gasteiger partial charge in [-0.2, -0.15) is 0 Å². The van der Waals surface area contributed by atoms with Gasteiger partial charge in [0.1, 0.15) is 0 Å². The molecule has 5 nitrogen and oxygen atoms in total. The van der Waals surface area contributed by atoms with Crippen LogP contribution in [0.1, 0.15) is 25.0 Å². The number of hydrogen-bond donors (Lipinski definition) is 0. The van der Waals surface area contributed by atoms with Gasteiger partial charge in [-0.1, -0.05) is 0 Å². The highest BCUT2D eigenvalue weighted by atomic mass is 16.5. The van der Waals surface area contributed by atoms with Gasteiger partial charge in [0.2, 0.25) is 5.91 Å². The molecule has 108 valence electrons. The van der Waals surface area contributed by atoms with Crippen molar-refractivity contribution in [3.05, 3.63) is 24.0 Å². The molecule has 2 heterocycles. The molecule has 0 unspecified atom stereocenters. The van der Waals surface area contributed by atoms with Gasteiger partial charge in [-0.3, -0.25) is 9.78 Å². The predicted octanol–water partition coefficient (Wildman–Crippen LogP) is 2.12. The van der Waals surface area contributed by atoms with Crippen molar-refractivity contribution in [2.45, 2.75) is 19.3 Å². The second kappa shape index (κ2) is 6.93. The number of carbonyl (C=O) groups is 1. The van der Waals surface area contributed by atoms with Gasteiger partial charge in [0.25, 0.3) is 0 Å². The molecule has 1 fully saturated rings. The Labute approximate surface area is 119 Å². The molecule has 1 aromatic rings.